The van der Waals surface area contributed by atoms with E-state index in [9.17, 15) is 23.1 Å². The van der Waals surface area contributed by atoms with Crippen molar-refractivity contribution in [2.75, 3.05) is 39.0 Å². The van der Waals surface area contributed by atoms with E-state index in [1.54, 1.807) is 16.9 Å². The van der Waals surface area contributed by atoms with Crippen LogP contribution in [-0.2, 0) is 39.1 Å². The number of hydrogen-bond donors (Lipinski definition) is 3. The summed E-state index contributed by atoms with van der Waals surface area (Å²) in [6.07, 6.45) is -1.07. The minimum Gasteiger partial charge on any atom is -0.397 e. The maximum absolute atomic E-state index is 14.1. The number of aliphatic hydroxyl groups is 1. The lowest BCUT2D eigenvalue weighted by Crippen LogP contribution is -2.57. The number of aliphatic hydroxyl groups excluding tert-OH is 1. The molecule has 0 spiro atoms. The summed E-state index contributed by atoms with van der Waals surface area (Å²) >= 11 is 7.52. The van der Waals surface area contributed by atoms with Crippen molar-refractivity contribution in [2.24, 2.45) is 11.8 Å². The summed E-state index contributed by atoms with van der Waals surface area (Å²) in [7, 11) is -2.49. The van der Waals surface area contributed by atoms with Crippen LogP contribution in [0.2, 0.25) is 5.02 Å². The van der Waals surface area contributed by atoms with Gasteiger partial charge < -0.3 is 30.7 Å². The summed E-state index contributed by atoms with van der Waals surface area (Å²) in [5.41, 5.74) is 7.66. The number of aromatic nitrogens is 1. The van der Waals surface area contributed by atoms with Gasteiger partial charge in [0.05, 0.1) is 46.6 Å². The van der Waals surface area contributed by atoms with Crippen LogP contribution in [0.4, 0.5) is 10.5 Å². The van der Waals surface area contributed by atoms with Crippen molar-refractivity contribution < 1.29 is 27.9 Å². The Kier molecular flexibility index (Phi) is 13.4. The van der Waals surface area contributed by atoms with E-state index in [1.807, 2.05) is 63.4 Å². The first-order chi connectivity index (χ1) is 23.2. The molecule has 0 saturated carbocycles. The van der Waals surface area contributed by atoms with Gasteiger partial charge in [0.2, 0.25) is 15.9 Å². The third-order valence-electron chi connectivity index (χ3n) is 8.24. The number of halogens is 1. The fourth-order valence-electron chi connectivity index (χ4n) is 5.88. The number of methoxy groups -OCH3 is 1. The zero-order valence-electron chi connectivity index (χ0n) is 28.6. The Morgan fingerprint density at radius 2 is 1.86 bits per heavy atom. The second-order valence-electron chi connectivity index (χ2n) is 13.0. The van der Waals surface area contributed by atoms with Gasteiger partial charge in [0.25, 0.3) is 0 Å². The molecule has 1 saturated heterocycles. The number of nitrogens with zero attached hydrogens (tertiary/aromatic N) is 4. The molecule has 1 aliphatic heterocycles. The highest BCUT2D eigenvalue weighted by Crippen LogP contribution is 2.26. The number of nitrogen functional groups attached to an aromatic ring is 1. The molecule has 3 amide bonds. The number of carbonyl (C=O) groups excluding carboxylic acids is 2. The van der Waals surface area contributed by atoms with Crippen molar-refractivity contribution in [1.82, 2.24) is 24.4 Å². The molecule has 1 unspecified atom stereocenters. The van der Waals surface area contributed by atoms with E-state index >= 15 is 0 Å². The maximum Gasteiger partial charge on any atom is 0.321 e. The first kappa shape index (κ1) is 38.5. The molecule has 2 heterocycles. The number of anilines is 1. The average Bonchev–Trinajstić information content (AvgIpc) is 3.64. The predicted molar refractivity (Wildman–Crippen MR) is 192 cm³/mol. The molecule has 1 aliphatic rings. The van der Waals surface area contributed by atoms with Crippen LogP contribution in [0, 0.1) is 11.8 Å². The second-order valence-corrected chi connectivity index (χ2v) is 16.3. The SMILES string of the molecule is COCc1nc(CN2CCN(C(C(=O)N[C@@H](Cc3ccccc3)[C@H](O)CN(CC(C)C)S(=O)(=O)c3ccc(Cl)c(N)c3)C(C)C)C2=O)cs1. The molecule has 3 aromatic rings. The van der Waals surface area contributed by atoms with Gasteiger partial charge >= 0.3 is 6.03 Å². The Bertz CT molecular complexity index is 1670. The Hall–Kier alpha value is -3.27. The molecule has 1 fully saturated rings. The van der Waals surface area contributed by atoms with Gasteiger partial charge in [-0.3, -0.25) is 4.79 Å². The minimum atomic E-state index is -4.10. The Morgan fingerprint density at radius 1 is 1.14 bits per heavy atom. The Morgan fingerprint density at radius 3 is 2.49 bits per heavy atom. The van der Waals surface area contributed by atoms with E-state index in [-0.39, 0.29) is 53.0 Å². The molecule has 0 bridgehead atoms. The summed E-state index contributed by atoms with van der Waals surface area (Å²) in [6, 6.07) is 11.5. The monoisotopic (exact) mass is 734 g/mol. The minimum absolute atomic E-state index is 0.0459. The van der Waals surface area contributed by atoms with Gasteiger partial charge in [-0.2, -0.15) is 4.31 Å². The molecule has 15 heteroatoms. The van der Waals surface area contributed by atoms with Gasteiger partial charge in [0.1, 0.15) is 11.0 Å². The highest BCUT2D eigenvalue weighted by Gasteiger charge is 2.40. The molecule has 2 aromatic carbocycles. The fourth-order valence-corrected chi connectivity index (χ4v) is 8.41. The van der Waals surface area contributed by atoms with Crippen molar-refractivity contribution in [2.45, 2.75) is 70.4 Å². The van der Waals surface area contributed by atoms with Gasteiger partial charge in [0.15, 0.2) is 0 Å². The van der Waals surface area contributed by atoms with Crippen LogP contribution in [-0.4, -0.2) is 96.0 Å². The van der Waals surface area contributed by atoms with E-state index in [2.05, 4.69) is 10.3 Å². The summed E-state index contributed by atoms with van der Waals surface area (Å²) in [4.78, 5) is 35.4. The number of nitrogens with two attached hydrogens (primary N) is 1. The van der Waals surface area contributed by atoms with Gasteiger partial charge in [-0.1, -0.05) is 69.6 Å². The van der Waals surface area contributed by atoms with Crippen molar-refractivity contribution >= 4 is 50.6 Å². The van der Waals surface area contributed by atoms with E-state index < -0.39 is 34.1 Å². The maximum atomic E-state index is 14.1. The van der Waals surface area contributed by atoms with Crippen LogP contribution >= 0.6 is 22.9 Å². The third kappa shape index (κ3) is 9.92. The van der Waals surface area contributed by atoms with Crippen LogP contribution in [0.5, 0.6) is 0 Å². The lowest BCUT2D eigenvalue weighted by Gasteiger charge is -2.34. The highest BCUT2D eigenvalue weighted by atomic mass is 35.5. The molecular weight excluding hydrogens is 688 g/mol. The lowest BCUT2D eigenvalue weighted by atomic mass is 9.97. The summed E-state index contributed by atoms with van der Waals surface area (Å²) in [5.74, 6) is -0.747. The zero-order valence-corrected chi connectivity index (χ0v) is 31.0. The molecule has 12 nitrogen and oxygen atoms in total. The van der Waals surface area contributed by atoms with Crippen molar-refractivity contribution in [3.63, 3.8) is 0 Å². The first-order valence-corrected chi connectivity index (χ1v) is 19.0. The molecule has 0 radical (unpaired) electrons. The van der Waals surface area contributed by atoms with Gasteiger partial charge in [-0.05, 0) is 42.0 Å². The van der Waals surface area contributed by atoms with Gasteiger partial charge in [-0.25, -0.2) is 18.2 Å². The number of rotatable bonds is 17. The number of ether oxygens (including phenoxy) is 1. The topological polar surface area (TPSA) is 158 Å². The smallest absolute Gasteiger partial charge is 0.321 e. The second kappa shape index (κ2) is 17.1. The number of hydrogen-bond acceptors (Lipinski definition) is 9. The fraction of sp³-hybridized carbons (Fsp3) is 0.500. The summed E-state index contributed by atoms with van der Waals surface area (Å²) in [5, 5.41) is 17.7. The molecule has 3 atom stereocenters. The number of thiazole rings is 1. The van der Waals surface area contributed by atoms with E-state index in [1.165, 1.54) is 33.8 Å². The van der Waals surface area contributed by atoms with Crippen LogP contribution in [0.25, 0.3) is 0 Å². The van der Waals surface area contributed by atoms with Crippen LogP contribution in [0.15, 0.2) is 58.8 Å². The van der Waals surface area contributed by atoms with Crippen LogP contribution in [0.3, 0.4) is 0 Å². The van der Waals surface area contributed by atoms with Crippen LogP contribution < -0.4 is 11.1 Å². The zero-order chi connectivity index (χ0) is 35.9. The predicted octanol–water partition coefficient (Wildman–Crippen LogP) is 4.22. The molecular formula is C34H47ClN6O6S2. The molecule has 1 aromatic heterocycles. The van der Waals surface area contributed by atoms with Gasteiger partial charge in [0, 0.05) is 38.7 Å². The third-order valence-corrected chi connectivity index (χ3v) is 11.3. The molecule has 4 rings (SSSR count). The Balaban J connectivity index is 1.56. The molecule has 268 valence electrons. The summed E-state index contributed by atoms with van der Waals surface area (Å²) in [6.45, 7) is 8.82. The standard InChI is InChI=1S/C34H47ClN6O6S2/c1-22(2)17-40(49(45,46)26-11-12-27(35)28(36)16-26)19-30(42)29(15-24-9-7-6-8-10-24)38-33(43)32(23(3)4)41-14-13-39(34(41)44)18-25-21-48-31(37-25)20-47-5/h6-12,16,21-23,29-30,32,42H,13-15,17-20,36H2,1-5H3,(H,38,43)/t29-,30+,32?/m0/s1. The number of carbonyl (C=O) groups is 2. The number of amides is 3. The van der Waals surface area contributed by atoms with E-state index in [4.69, 9.17) is 22.1 Å². The van der Waals surface area contributed by atoms with Gasteiger partial charge in [-0.15, -0.1) is 11.3 Å². The number of benzene rings is 2. The normalized spacial score (nSPS) is 15.8. The molecule has 4 N–H and O–H groups in total. The Labute approximate surface area is 298 Å². The van der Waals surface area contributed by atoms with E-state index in [0.29, 0.717) is 26.2 Å². The summed E-state index contributed by atoms with van der Waals surface area (Å²) < 4.78 is 34.1. The first-order valence-electron chi connectivity index (χ1n) is 16.3. The van der Waals surface area contributed by atoms with Crippen LogP contribution in [0.1, 0.15) is 44.0 Å². The number of urea groups is 1. The lowest BCUT2D eigenvalue weighted by molar-refractivity contribution is -0.128. The number of sulfonamides is 1. The van der Waals surface area contributed by atoms with Crippen molar-refractivity contribution in [1.29, 1.82) is 0 Å². The van der Waals surface area contributed by atoms with Crippen molar-refractivity contribution in [3.05, 3.63) is 75.2 Å². The molecule has 49 heavy (non-hydrogen) atoms. The quantitative estimate of drug-likeness (QED) is 0.174. The van der Waals surface area contributed by atoms with Crippen molar-refractivity contribution in [3.8, 4) is 0 Å². The largest absolute Gasteiger partial charge is 0.397 e. The molecule has 0 aliphatic carbocycles. The van der Waals surface area contributed by atoms with E-state index in [0.717, 1.165) is 16.3 Å². The average molecular weight is 735 g/mol. The number of nitrogens with one attached hydrogen (secondary N) is 1. The highest BCUT2D eigenvalue weighted by molar-refractivity contribution is 7.89.